The maximum absolute atomic E-state index is 12.7. The van der Waals surface area contributed by atoms with Gasteiger partial charge in [0.15, 0.2) is 5.76 Å². The Labute approximate surface area is 143 Å². The quantitative estimate of drug-likeness (QED) is 0.605. The second kappa shape index (κ2) is 6.52. The smallest absolute Gasteiger partial charge is 0.270 e. The first-order chi connectivity index (χ1) is 12.3. The lowest BCUT2D eigenvalue weighted by Gasteiger charge is -2.07. The largest absolute Gasteiger partial charge is 0.467 e. The van der Waals surface area contributed by atoms with Crippen molar-refractivity contribution in [1.82, 2.24) is 15.1 Å². The summed E-state index contributed by atoms with van der Waals surface area (Å²) in [5.74, 6) is 1.05. The third kappa shape index (κ3) is 3.10. The summed E-state index contributed by atoms with van der Waals surface area (Å²) in [5, 5.41) is 7.37. The van der Waals surface area contributed by atoms with Crippen molar-refractivity contribution in [3.05, 3.63) is 84.6 Å². The summed E-state index contributed by atoms with van der Waals surface area (Å²) in [7, 11) is 0. The van der Waals surface area contributed by atoms with E-state index >= 15 is 0 Å². The summed E-state index contributed by atoms with van der Waals surface area (Å²) >= 11 is 0. The molecule has 0 atom stereocenters. The van der Waals surface area contributed by atoms with Crippen LogP contribution < -0.4 is 5.32 Å². The average molecular weight is 333 g/mol. The number of rotatable bonds is 5. The SMILES string of the molecule is O=C(NCc1ccco1)c1cc(-c2ccco2)nn1-c1ccccc1. The average Bonchev–Trinajstić information content (AvgIpc) is 3.41. The van der Waals surface area contributed by atoms with Gasteiger partial charge in [0.1, 0.15) is 17.1 Å². The third-order valence-electron chi connectivity index (χ3n) is 3.72. The van der Waals surface area contributed by atoms with Gasteiger partial charge in [-0.1, -0.05) is 18.2 Å². The number of nitrogens with one attached hydrogen (secondary N) is 1. The molecule has 3 heterocycles. The van der Waals surface area contributed by atoms with Gasteiger partial charge < -0.3 is 14.2 Å². The molecule has 0 fully saturated rings. The molecule has 6 heteroatoms. The number of carbonyl (C=O) groups excluding carboxylic acids is 1. The summed E-state index contributed by atoms with van der Waals surface area (Å²) in [5.41, 5.74) is 1.81. The Kier molecular flexibility index (Phi) is 3.92. The van der Waals surface area contributed by atoms with E-state index < -0.39 is 0 Å². The molecule has 0 bridgehead atoms. The first kappa shape index (κ1) is 15.0. The van der Waals surface area contributed by atoms with Crippen LogP contribution in [-0.4, -0.2) is 15.7 Å². The van der Waals surface area contributed by atoms with Crippen molar-refractivity contribution in [2.75, 3.05) is 0 Å². The number of hydrogen-bond donors (Lipinski definition) is 1. The second-order valence-corrected chi connectivity index (χ2v) is 5.40. The van der Waals surface area contributed by atoms with Crippen molar-refractivity contribution in [1.29, 1.82) is 0 Å². The first-order valence-corrected chi connectivity index (χ1v) is 7.81. The highest BCUT2D eigenvalue weighted by Gasteiger charge is 2.18. The Bertz CT molecular complexity index is 955. The molecule has 0 spiro atoms. The Morgan fingerprint density at radius 1 is 1.00 bits per heavy atom. The normalized spacial score (nSPS) is 10.7. The fourth-order valence-corrected chi connectivity index (χ4v) is 2.52. The van der Waals surface area contributed by atoms with Crippen LogP contribution in [-0.2, 0) is 6.54 Å². The highest BCUT2D eigenvalue weighted by atomic mass is 16.3. The van der Waals surface area contributed by atoms with Gasteiger partial charge in [0.2, 0.25) is 0 Å². The molecule has 4 rings (SSSR count). The van der Waals surface area contributed by atoms with Crippen LogP contribution in [0.5, 0.6) is 0 Å². The van der Waals surface area contributed by atoms with E-state index in [1.54, 1.807) is 35.4 Å². The fourth-order valence-electron chi connectivity index (χ4n) is 2.52. The number of furan rings is 2. The lowest BCUT2D eigenvalue weighted by atomic mass is 10.2. The van der Waals surface area contributed by atoms with Gasteiger partial charge in [0.05, 0.1) is 24.8 Å². The van der Waals surface area contributed by atoms with Gasteiger partial charge in [0.25, 0.3) is 5.91 Å². The molecular weight excluding hydrogens is 318 g/mol. The molecular formula is C19H15N3O3. The molecule has 1 amide bonds. The van der Waals surface area contributed by atoms with Crippen LogP contribution in [0.15, 0.2) is 82.0 Å². The standard InChI is InChI=1S/C19H15N3O3/c23-19(20-13-15-8-4-10-24-15)17-12-16(18-9-5-11-25-18)21-22(17)14-6-2-1-3-7-14/h1-12H,13H2,(H,20,23). The number of amides is 1. The van der Waals surface area contributed by atoms with Crippen LogP contribution in [0.2, 0.25) is 0 Å². The fraction of sp³-hybridized carbons (Fsp3) is 0.0526. The van der Waals surface area contributed by atoms with Crippen LogP contribution in [0.1, 0.15) is 16.2 Å². The maximum Gasteiger partial charge on any atom is 0.270 e. The molecule has 6 nitrogen and oxygen atoms in total. The monoisotopic (exact) mass is 333 g/mol. The van der Waals surface area contributed by atoms with E-state index in [0.717, 1.165) is 5.69 Å². The van der Waals surface area contributed by atoms with Crippen molar-refractivity contribution >= 4 is 5.91 Å². The molecule has 0 aliphatic carbocycles. The zero-order chi connectivity index (χ0) is 17.1. The minimum atomic E-state index is -0.245. The maximum atomic E-state index is 12.7. The van der Waals surface area contributed by atoms with Gasteiger partial charge in [-0.25, -0.2) is 4.68 Å². The first-order valence-electron chi connectivity index (χ1n) is 7.81. The summed E-state index contributed by atoms with van der Waals surface area (Å²) < 4.78 is 12.3. The van der Waals surface area contributed by atoms with Gasteiger partial charge in [-0.3, -0.25) is 4.79 Å². The zero-order valence-corrected chi connectivity index (χ0v) is 13.3. The molecule has 0 aliphatic rings. The number of benzene rings is 1. The van der Waals surface area contributed by atoms with Crippen molar-refractivity contribution in [2.24, 2.45) is 0 Å². The lowest BCUT2D eigenvalue weighted by Crippen LogP contribution is -2.25. The number of hydrogen-bond acceptors (Lipinski definition) is 4. The number of para-hydroxylation sites is 1. The molecule has 0 aliphatic heterocycles. The Morgan fingerprint density at radius 3 is 2.52 bits per heavy atom. The van der Waals surface area contributed by atoms with Crippen LogP contribution in [0, 0.1) is 0 Å². The van der Waals surface area contributed by atoms with Gasteiger partial charge >= 0.3 is 0 Å². The summed E-state index contributed by atoms with van der Waals surface area (Å²) in [6.07, 6.45) is 3.15. The predicted octanol–water partition coefficient (Wildman–Crippen LogP) is 3.66. The van der Waals surface area contributed by atoms with E-state index in [0.29, 0.717) is 29.5 Å². The molecule has 3 aromatic heterocycles. The Hall–Kier alpha value is -3.54. The molecule has 0 saturated carbocycles. The van der Waals surface area contributed by atoms with E-state index in [1.165, 1.54) is 0 Å². The Morgan fingerprint density at radius 2 is 1.80 bits per heavy atom. The molecule has 124 valence electrons. The van der Waals surface area contributed by atoms with Crippen molar-refractivity contribution in [2.45, 2.75) is 6.54 Å². The summed E-state index contributed by atoms with van der Waals surface area (Å²) in [4.78, 5) is 12.7. The molecule has 0 saturated heterocycles. The summed E-state index contributed by atoms with van der Waals surface area (Å²) in [6, 6.07) is 18.4. The van der Waals surface area contributed by atoms with Crippen LogP contribution >= 0.6 is 0 Å². The van der Waals surface area contributed by atoms with Crippen molar-refractivity contribution in [3.8, 4) is 17.1 Å². The van der Waals surface area contributed by atoms with Crippen LogP contribution in [0.25, 0.3) is 17.1 Å². The molecule has 4 aromatic rings. The van der Waals surface area contributed by atoms with Gasteiger partial charge in [0, 0.05) is 6.07 Å². The highest BCUT2D eigenvalue weighted by molar-refractivity contribution is 5.94. The predicted molar refractivity (Wildman–Crippen MR) is 91.1 cm³/mol. The van der Waals surface area contributed by atoms with Crippen LogP contribution in [0.4, 0.5) is 0 Å². The van der Waals surface area contributed by atoms with E-state index in [4.69, 9.17) is 8.83 Å². The zero-order valence-electron chi connectivity index (χ0n) is 13.3. The topological polar surface area (TPSA) is 73.2 Å². The second-order valence-electron chi connectivity index (χ2n) is 5.40. The molecule has 25 heavy (non-hydrogen) atoms. The van der Waals surface area contributed by atoms with E-state index in [1.807, 2.05) is 42.5 Å². The van der Waals surface area contributed by atoms with Gasteiger partial charge in [-0.2, -0.15) is 5.10 Å². The Balaban J connectivity index is 1.68. The van der Waals surface area contributed by atoms with E-state index in [-0.39, 0.29) is 5.91 Å². The summed E-state index contributed by atoms with van der Waals surface area (Å²) in [6.45, 7) is 0.307. The van der Waals surface area contributed by atoms with E-state index in [2.05, 4.69) is 10.4 Å². The molecule has 0 unspecified atom stereocenters. The van der Waals surface area contributed by atoms with Gasteiger partial charge in [-0.15, -0.1) is 0 Å². The third-order valence-corrected chi connectivity index (χ3v) is 3.72. The van der Waals surface area contributed by atoms with Gasteiger partial charge in [-0.05, 0) is 36.4 Å². The van der Waals surface area contributed by atoms with Crippen LogP contribution in [0.3, 0.4) is 0 Å². The molecule has 0 radical (unpaired) electrons. The highest BCUT2D eigenvalue weighted by Crippen LogP contribution is 2.22. The van der Waals surface area contributed by atoms with Crippen molar-refractivity contribution in [3.63, 3.8) is 0 Å². The minimum absolute atomic E-state index is 0.245. The van der Waals surface area contributed by atoms with E-state index in [9.17, 15) is 4.79 Å². The molecule has 1 aromatic carbocycles. The molecule has 1 N–H and O–H groups in total. The van der Waals surface area contributed by atoms with Crippen molar-refractivity contribution < 1.29 is 13.6 Å². The lowest BCUT2D eigenvalue weighted by molar-refractivity contribution is 0.0940. The minimum Gasteiger partial charge on any atom is -0.467 e. The number of carbonyl (C=O) groups is 1. The number of nitrogens with zero attached hydrogens (tertiary/aromatic N) is 2. The number of aromatic nitrogens is 2.